The Kier molecular flexibility index (Phi) is 49.0. The van der Waals surface area contributed by atoms with Crippen LogP contribution in [0.1, 0.15) is 213 Å². The number of carbonyl (C=O) groups excluding carboxylic acids is 2. The van der Waals surface area contributed by atoms with Crippen LogP contribution in [0.5, 0.6) is 0 Å². The first-order valence-corrected chi connectivity index (χ1v) is 25.4. The van der Waals surface area contributed by atoms with Crippen LogP contribution in [0.3, 0.4) is 0 Å². The van der Waals surface area contributed by atoms with Crippen molar-refractivity contribution in [2.75, 3.05) is 19.8 Å². The van der Waals surface area contributed by atoms with Gasteiger partial charge in [-0.3, -0.25) is 9.59 Å². The van der Waals surface area contributed by atoms with E-state index in [2.05, 4.69) is 130 Å². The maximum atomic E-state index is 12.8. The lowest BCUT2D eigenvalue weighted by Crippen LogP contribution is -2.30. The van der Waals surface area contributed by atoms with Crippen LogP contribution in [0.2, 0.25) is 0 Å². The van der Waals surface area contributed by atoms with Crippen molar-refractivity contribution in [2.45, 2.75) is 219 Å². The van der Waals surface area contributed by atoms with Gasteiger partial charge in [0, 0.05) is 19.4 Å². The molecule has 0 heterocycles. The van der Waals surface area contributed by atoms with Gasteiger partial charge in [-0.25, -0.2) is 0 Å². The number of unbranched alkanes of at least 4 members (excludes halogenated alkanes) is 16. The lowest BCUT2D eigenvalue weighted by atomic mass is 10.1. The molecule has 0 rings (SSSR count). The Bertz CT molecular complexity index is 1250. The second-order valence-corrected chi connectivity index (χ2v) is 16.3. The van der Waals surface area contributed by atoms with Crippen molar-refractivity contribution >= 4 is 11.9 Å². The van der Waals surface area contributed by atoms with Crippen LogP contribution in [0.15, 0.2) is 109 Å². The van der Waals surface area contributed by atoms with Crippen LogP contribution >= 0.6 is 0 Å². The minimum atomic E-state index is -0.585. The van der Waals surface area contributed by atoms with Gasteiger partial charge < -0.3 is 14.2 Å². The molecule has 0 aliphatic carbocycles. The molecule has 5 nitrogen and oxygen atoms in total. The molecule has 0 radical (unpaired) electrons. The van der Waals surface area contributed by atoms with E-state index in [0.29, 0.717) is 19.4 Å². The molecule has 0 saturated carbocycles. The summed E-state index contributed by atoms with van der Waals surface area (Å²) in [4.78, 5) is 25.4. The maximum absolute atomic E-state index is 12.8. The number of hydrogen-bond acceptors (Lipinski definition) is 5. The van der Waals surface area contributed by atoms with E-state index >= 15 is 0 Å². The number of allylic oxidation sites excluding steroid dienone is 18. The maximum Gasteiger partial charge on any atom is 0.306 e. The smallest absolute Gasteiger partial charge is 0.306 e. The van der Waals surface area contributed by atoms with E-state index in [9.17, 15) is 9.59 Å². The van der Waals surface area contributed by atoms with Crippen LogP contribution in [-0.4, -0.2) is 37.9 Å². The number of rotatable bonds is 45. The highest BCUT2D eigenvalue weighted by Crippen LogP contribution is 2.12. The number of ether oxygens (including phenoxy) is 3. The largest absolute Gasteiger partial charge is 0.462 e. The van der Waals surface area contributed by atoms with E-state index < -0.39 is 6.10 Å². The third-order valence-corrected chi connectivity index (χ3v) is 10.3. The summed E-state index contributed by atoms with van der Waals surface area (Å²) in [5, 5.41) is 0. The van der Waals surface area contributed by atoms with Crippen molar-refractivity contribution in [1.82, 2.24) is 0 Å². The van der Waals surface area contributed by atoms with Crippen molar-refractivity contribution in [3.8, 4) is 0 Å². The third kappa shape index (κ3) is 49.2. The fraction of sp³-hybridized carbons (Fsp3) is 0.649. The van der Waals surface area contributed by atoms with Crippen molar-refractivity contribution < 1.29 is 23.8 Å². The average molecular weight is 859 g/mol. The molecule has 0 aromatic rings. The number of carbonyl (C=O) groups is 2. The first kappa shape index (κ1) is 58.6. The molecule has 1 atom stereocenters. The molecule has 0 fully saturated rings. The van der Waals surface area contributed by atoms with Crippen LogP contribution in [-0.2, 0) is 23.8 Å². The molecule has 0 spiro atoms. The molecule has 62 heavy (non-hydrogen) atoms. The van der Waals surface area contributed by atoms with Gasteiger partial charge in [0.1, 0.15) is 6.61 Å². The quantitative estimate of drug-likeness (QED) is 0.0347. The number of esters is 2. The highest BCUT2D eigenvalue weighted by molar-refractivity contribution is 5.70. The standard InChI is InChI=1S/C57H94O5/c1-4-7-10-13-16-19-22-25-28-29-31-32-35-38-41-44-47-50-56(58)61-54-55(53-60-52-49-46-43-40-37-34-27-24-21-18-15-12-9-6-3)62-57(59)51-48-45-42-39-36-33-30-26-23-20-17-14-11-8-5-2/h7,9-10,12,16,18-19,21,25-28,30-32,34,40,43,55H,4-6,8,11,13-15,17,20,22-24,29,33,35-39,41-42,44-54H2,1-3H3/b10-7-,12-9-,19-16-,21-18-,28-25-,30-26-,32-31-,34-27-,43-40-. The fourth-order valence-corrected chi connectivity index (χ4v) is 6.56. The predicted molar refractivity (Wildman–Crippen MR) is 269 cm³/mol. The third-order valence-electron chi connectivity index (χ3n) is 10.3. The Morgan fingerprint density at radius 2 is 0.726 bits per heavy atom. The molecule has 1 unspecified atom stereocenters. The van der Waals surface area contributed by atoms with Crippen LogP contribution < -0.4 is 0 Å². The molecule has 0 N–H and O–H groups in total. The molecular formula is C57H94O5. The minimum absolute atomic E-state index is 0.0413. The van der Waals surface area contributed by atoms with Crippen LogP contribution in [0.4, 0.5) is 0 Å². The second-order valence-electron chi connectivity index (χ2n) is 16.3. The summed E-state index contributed by atoms with van der Waals surface area (Å²) in [6, 6.07) is 0. The lowest BCUT2D eigenvalue weighted by molar-refractivity contribution is -0.163. The molecule has 0 aromatic carbocycles. The van der Waals surface area contributed by atoms with Gasteiger partial charge in [0.05, 0.1) is 6.61 Å². The highest BCUT2D eigenvalue weighted by atomic mass is 16.6. The molecular weight excluding hydrogens is 765 g/mol. The summed E-state index contributed by atoms with van der Waals surface area (Å²) in [5.41, 5.74) is 0. The molecule has 0 amide bonds. The van der Waals surface area contributed by atoms with Gasteiger partial charge in [-0.2, -0.15) is 0 Å². The Balaban J connectivity index is 4.42. The van der Waals surface area contributed by atoms with Gasteiger partial charge in [-0.1, -0.05) is 194 Å². The Morgan fingerprint density at radius 3 is 1.18 bits per heavy atom. The summed E-state index contributed by atoms with van der Waals surface area (Å²) < 4.78 is 17.3. The van der Waals surface area contributed by atoms with Gasteiger partial charge in [-0.05, 0) is 116 Å². The Morgan fingerprint density at radius 1 is 0.371 bits per heavy atom. The van der Waals surface area contributed by atoms with Crippen molar-refractivity contribution in [3.63, 3.8) is 0 Å². The summed E-state index contributed by atoms with van der Waals surface area (Å²) in [7, 11) is 0. The van der Waals surface area contributed by atoms with E-state index in [1.165, 1.54) is 57.8 Å². The zero-order valence-corrected chi connectivity index (χ0v) is 40.3. The van der Waals surface area contributed by atoms with Crippen LogP contribution in [0, 0.1) is 0 Å². The molecule has 0 aliphatic rings. The van der Waals surface area contributed by atoms with E-state index in [1.807, 2.05) is 0 Å². The normalized spacial score (nSPS) is 13.1. The molecule has 5 heteroatoms. The monoisotopic (exact) mass is 859 g/mol. The van der Waals surface area contributed by atoms with Crippen molar-refractivity contribution in [2.24, 2.45) is 0 Å². The molecule has 0 saturated heterocycles. The zero-order chi connectivity index (χ0) is 44.9. The lowest BCUT2D eigenvalue weighted by Gasteiger charge is -2.18. The fourth-order valence-electron chi connectivity index (χ4n) is 6.56. The highest BCUT2D eigenvalue weighted by Gasteiger charge is 2.17. The summed E-state index contributed by atoms with van der Waals surface area (Å²) in [5.74, 6) is -0.470. The molecule has 0 aromatic heterocycles. The second kappa shape index (κ2) is 51.9. The summed E-state index contributed by atoms with van der Waals surface area (Å²) in [6.07, 6.45) is 71.0. The van der Waals surface area contributed by atoms with E-state index in [0.717, 1.165) is 122 Å². The van der Waals surface area contributed by atoms with E-state index in [1.54, 1.807) is 0 Å². The zero-order valence-electron chi connectivity index (χ0n) is 40.3. The molecule has 0 bridgehead atoms. The van der Waals surface area contributed by atoms with E-state index in [4.69, 9.17) is 14.2 Å². The molecule has 352 valence electrons. The Labute approximate surface area is 383 Å². The van der Waals surface area contributed by atoms with E-state index in [-0.39, 0.29) is 25.2 Å². The van der Waals surface area contributed by atoms with Crippen molar-refractivity contribution in [1.29, 1.82) is 0 Å². The molecule has 0 aliphatic heterocycles. The van der Waals surface area contributed by atoms with Gasteiger partial charge >= 0.3 is 11.9 Å². The average Bonchev–Trinajstić information content (AvgIpc) is 3.27. The van der Waals surface area contributed by atoms with Gasteiger partial charge in [0.25, 0.3) is 0 Å². The summed E-state index contributed by atoms with van der Waals surface area (Å²) >= 11 is 0. The minimum Gasteiger partial charge on any atom is -0.462 e. The SMILES string of the molecule is CC/C=C\C/C=C\C/C=C\C/C=C\CCCCCCC(=O)OCC(COCCC/C=C\C/C=C\C/C=C\C/C=C\CC)OC(=O)CCCCCCC/C=C\CCCCCCCC. The predicted octanol–water partition coefficient (Wildman–Crippen LogP) is 17.2. The van der Waals surface area contributed by atoms with Crippen molar-refractivity contribution in [3.05, 3.63) is 109 Å². The van der Waals surface area contributed by atoms with Gasteiger partial charge in [-0.15, -0.1) is 0 Å². The summed E-state index contributed by atoms with van der Waals surface area (Å²) in [6.45, 7) is 7.41. The first-order valence-electron chi connectivity index (χ1n) is 25.4. The topological polar surface area (TPSA) is 61.8 Å². The van der Waals surface area contributed by atoms with Gasteiger partial charge in [0.2, 0.25) is 0 Å². The Hall–Kier alpha value is -3.44. The van der Waals surface area contributed by atoms with Gasteiger partial charge in [0.15, 0.2) is 6.10 Å². The first-order chi connectivity index (χ1) is 30.6. The van der Waals surface area contributed by atoms with Crippen LogP contribution in [0.25, 0.3) is 0 Å². The number of hydrogen-bond donors (Lipinski definition) is 0.